The molecule has 0 amide bonds. The number of hydrogen-bond acceptors (Lipinski definition) is 0. The Balaban J connectivity index is 5.00. The van der Waals surface area contributed by atoms with Crippen molar-refractivity contribution in [3.8, 4) is 0 Å². The fraction of sp³-hybridized carbons (Fsp3) is 1.00. The summed E-state index contributed by atoms with van der Waals surface area (Å²) in [4.78, 5) is 20.8. The summed E-state index contributed by atoms with van der Waals surface area (Å²) >= 11 is 4.31. The van der Waals surface area contributed by atoms with Gasteiger partial charge in [-0.1, -0.05) is 71.5 Å². The van der Waals surface area contributed by atoms with Crippen LogP contribution in [0.4, 0.5) is 0 Å². The third-order valence-corrected chi connectivity index (χ3v) is 17.3. The van der Waals surface area contributed by atoms with Gasteiger partial charge in [-0.3, -0.25) is 0 Å². The van der Waals surface area contributed by atoms with Crippen molar-refractivity contribution in [2.45, 2.75) is 78.6 Å². The Morgan fingerprint density at radius 2 is 1.00 bits per heavy atom. The molecule has 0 fully saturated rings. The third kappa shape index (κ3) is 7.89. The third-order valence-electron chi connectivity index (χ3n) is 4.10. The summed E-state index contributed by atoms with van der Waals surface area (Å²) in [5, 5.41) is 0. The van der Waals surface area contributed by atoms with Crippen molar-refractivity contribution in [2.75, 3.05) is 17.3 Å². The van der Waals surface area contributed by atoms with Crippen LogP contribution in [-0.4, -0.2) is 27.0 Å². The van der Waals surface area contributed by atoms with Crippen LogP contribution in [0, 0.1) is 0 Å². The van der Waals surface area contributed by atoms with Crippen molar-refractivity contribution < 1.29 is 9.79 Å². The van der Waals surface area contributed by atoms with E-state index in [0.29, 0.717) is 0 Å². The first kappa shape index (κ1) is 21.0. The lowest BCUT2D eigenvalue weighted by atomic mass is 10.3. The summed E-state index contributed by atoms with van der Waals surface area (Å²) in [5.41, 5.74) is -2.97. The Morgan fingerprint density at radius 1 is 0.700 bits per heavy atom. The second-order valence-electron chi connectivity index (χ2n) is 5.92. The highest BCUT2D eigenvalue weighted by Gasteiger charge is 2.23. The van der Waals surface area contributed by atoms with Gasteiger partial charge in [0.1, 0.15) is 0 Å². The number of hydrogen-bond donors (Lipinski definition) is 4. The smallest absolute Gasteiger partial charge is 0.181 e. The first-order chi connectivity index (χ1) is 9.43. The SMILES string of the molecule is CCCCC[SH](CCCCC)(CCCCC)=P(O)(O)S. The van der Waals surface area contributed by atoms with Gasteiger partial charge < -0.3 is 9.79 Å². The van der Waals surface area contributed by atoms with Gasteiger partial charge in [0.2, 0.25) is 0 Å². The van der Waals surface area contributed by atoms with Crippen molar-refractivity contribution >= 4 is 27.1 Å². The van der Waals surface area contributed by atoms with Crippen molar-refractivity contribution in [1.82, 2.24) is 0 Å². The monoisotopic (exact) mass is 344 g/mol. The Kier molecular flexibility index (Phi) is 12.2. The molecule has 0 rings (SSSR count). The minimum absolute atomic E-state index is 1.04. The second kappa shape index (κ2) is 11.6. The number of unbranched alkanes of at least 4 members (excludes halogenated alkanes) is 6. The van der Waals surface area contributed by atoms with E-state index in [9.17, 15) is 9.79 Å². The van der Waals surface area contributed by atoms with Gasteiger partial charge in [-0.2, -0.15) is 0 Å². The van der Waals surface area contributed by atoms with Crippen molar-refractivity contribution in [2.24, 2.45) is 0 Å². The topological polar surface area (TPSA) is 40.5 Å². The molecule has 0 aromatic carbocycles. The molecular weight excluding hydrogens is 307 g/mol. The molecule has 2 nitrogen and oxygen atoms in total. The average molecular weight is 345 g/mol. The van der Waals surface area contributed by atoms with Gasteiger partial charge in [-0.25, -0.2) is 9.21 Å². The van der Waals surface area contributed by atoms with Gasteiger partial charge in [0.25, 0.3) is 0 Å². The zero-order chi connectivity index (χ0) is 15.5. The van der Waals surface area contributed by atoms with E-state index in [1.165, 1.54) is 38.5 Å². The molecule has 0 atom stereocenters. The van der Waals surface area contributed by atoms with Gasteiger partial charge in [0, 0.05) is 0 Å². The van der Waals surface area contributed by atoms with Crippen LogP contribution < -0.4 is 0 Å². The van der Waals surface area contributed by atoms with Crippen LogP contribution in [-0.2, 0) is 9.21 Å². The van der Waals surface area contributed by atoms with E-state index >= 15 is 0 Å². The quantitative estimate of drug-likeness (QED) is 0.228. The van der Waals surface area contributed by atoms with Crippen molar-refractivity contribution in [3.63, 3.8) is 0 Å². The maximum absolute atomic E-state index is 10.4. The molecule has 0 bridgehead atoms. The summed E-state index contributed by atoms with van der Waals surface area (Å²) in [7, 11) is -1.68. The molecule has 0 saturated carbocycles. The predicted octanol–water partition coefficient (Wildman–Crippen LogP) is 5.04. The molecule has 5 heteroatoms. The molecule has 0 radical (unpaired) electrons. The Hall–Kier alpha value is 1.05. The lowest BCUT2D eigenvalue weighted by molar-refractivity contribution is 0.501. The zero-order valence-corrected chi connectivity index (χ0v) is 16.4. The van der Waals surface area contributed by atoms with Crippen LogP contribution in [0.2, 0.25) is 0 Å². The fourth-order valence-electron chi connectivity index (χ4n) is 2.71. The molecule has 0 unspecified atom stereocenters. The Labute approximate surface area is 133 Å². The summed E-state index contributed by atoms with van der Waals surface area (Å²) in [6, 6.07) is 0. The minimum atomic E-state index is -2.97. The van der Waals surface area contributed by atoms with Gasteiger partial charge in [-0.15, -0.1) is 0 Å². The molecule has 0 aromatic rings. The number of rotatable bonds is 12. The van der Waals surface area contributed by atoms with Crippen LogP contribution in [0.25, 0.3) is 0 Å². The van der Waals surface area contributed by atoms with Crippen LogP contribution in [0.15, 0.2) is 0 Å². The van der Waals surface area contributed by atoms with Crippen LogP contribution in [0.1, 0.15) is 78.6 Å². The van der Waals surface area contributed by atoms with E-state index in [4.69, 9.17) is 0 Å². The standard InChI is InChI=1S/C15H37O2PS2/c1-4-7-10-13-20(18(16,17)19,14-11-8-5-2)15-12-9-6-3/h16-17,19-20H,4-15H2,1-3H3. The molecule has 2 N–H and O–H groups in total. The van der Waals surface area contributed by atoms with Gasteiger partial charge in [-0.05, 0) is 36.5 Å². The maximum atomic E-state index is 10.4. The van der Waals surface area contributed by atoms with Gasteiger partial charge in [0.05, 0.1) is 0 Å². The normalized spacial score (nSPS) is 13.7. The Bertz CT molecular complexity index is 271. The van der Waals surface area contributed by atoms with Crippen LogP contribution >= 0.6 is 17.9 Å². The maximum Gasteiger partial charge on any atom is 0.181 e. The predicted molar refractivity (Wildman–Crippen MR) is 102 cm³/mol. The van der Waals surface area contributed by atoms with Crippen molar-refractivity contribution in [1.29, 1.82) is 0 Å². The molecule has 0 aromatic heterocycles. The van der Waals surface area contributed by atoms with E-state index in [2.05, 4.69) is 33.0 Å². The summed E-state index contributed by atoms with van der Waals surface area (Å²) in [6.07, 6.45) is 10.6. The molecule has 0 spiro atoms. The molecule has 0 aliphatic carbocycles. The van der Waals surface area contributed by atoms with E-state index in [1.807, 2.05) is 0 Å². The zero-order valence-electron chi connectivity index (χ0n) is 13.7. The first-order valence-electron chi connectivity index (χ1n) is 8.37. The summed E-state index contributed by atoms with van der Waals surface area (Å²) < 4.78 is 0. The van der Waals surface area contributed by atoms with E-state index in [1.54, 1.807) is 0 Å². The Morgan fingerprint density at radius 3 is 1.20 bits per heavy atom. The molecule has 0 saturated heterocycles. The molecule has 0 aliphatic rings. The summed E-state index contributed by atoms with van der Waals surface area (Å²) in [6.45, 7) is 6.61. The first-order valence-corrected chi connectivity index (χ1v) is 14.3. The molecular formula is C15H37O2PS2. The largest absolute Gasteiger partial charge is 0.342 e. The van der Waals surface area contributed by atoms with E-state index < -0.39 is 14.9 Å². The lowest BCUT2D eigenvalue weighted by Gasteiger charge is -2.36. The average Bonchev–Trinajstić information content (AvgIpc) is 2.37. The molecule has 0 heterocycles. The highest BCUT2D eigenvalue weighted by atomic mass is 32.9. The lowest BCUT2D eigenvalue weighted by Crippen LogP contribution is -2.26. The minimum Gasteiger partial charge on any atom is -0.342 e. The van der Waals surface area contributed by atoms with E-state index in [-0.39, 0.29) is 0 Å². The molecule has 126 valence electrons. The van der Waals surface area contributed by atoms with Gasteiger partial charge in [0.15, 0.2) is 5.69 Å². The van der Waals surface area contributed by atoms with Crippen LogP contribution in [0.5, 0.6) is 0 Å². The summed E-state index contributed by atoms with van der Waals surface area (Å²) in [5.74, 6) is 3.12. The van der Waals surface area contributed by atoms with Crippen LogP contribution in [0.3, 0.4) is 0 Å². The molecule has 0 aliphatic heterocycles. The fourth-order valence-corrected chi connectivity index (χ4v) is 12.7. The van der Waals surface area contributed by atoms with Crippen molar-refractivity contribution in [3.05, 3.63) is 0 Å². The van der Waals surface area contributed by atoms with E-state index in [0.717, 1.165) is 36.5 Å². The molecule has 20 heavy (non-hydrogen) atoms. The second-order valence-corrected chi connectivity index (χ2v) is 17.4. The number of thiol groups is 2. The highest BCUT2D eigenvalue weighted by molar-refractivity contribution is 8.70. The highest BCUT2D eigenvalue weighted by Crippen LogP contribution is 2.54. The van der Waals surface area contributed by atoms with Gasteiger partial charge >= 0.3 is 0 Å².